The molecule has 2 unspecified atom stereocenters. The van der Waals surface area contributed by atoms with Gasteiger partial charge in [-0.2, -0.15) is 0 Å². The predicted octanol–water partition coefficient (Wildman–Crippen LogP) is 1.63. The molecule has 2 atom stereocenters. The summed E-state index contributed by atoms with van der Waals surface area (Å²) in [5.74, 6) is 1.76. The van der Waals surface area contributed by atoms with E-state index in [0.29, 0.717) is 11.8 Å². The van der Waals surface area contributed by atoms with Crippen LogP contribution in [0.4, 0.5) is 0 Å². The molecule has 2 fully saturated rings. The number of amides is 1. The molecule has 1 N–H and O–H groups in total. The van der Waals surface area contributed by atoms with E-state index in [1.807, 2.05) is 11.9 Å². The SMILES string of the molecule is CC1CCNC(C(=O)N(C)CC2CCC2)C1. The Hall–Kier alpha value is -0.570. The molecule has 2 rings (SSSR count). The lowest BCUT2D eigenvalue weighted by Gasteiger charge is -2.34. The molecule has 0 spiro atoms. The number of hydrogen-bond acceptors (Lipinski definition) is 2. The Morgan fingerprint density at radius 1 is 1.38 bits per heavy atom. The molecule has 0 bridgehead atoms. The van der Waals surface area contributed by atoms with Crippen LogP contribution in [-0.4, -0.2) is 37.0 Å². The van der Waals surface area contributed by atoms with Crippen molar-refractivity contribution < 1.29 is 4.79 Å². The van der Waals surface area contributed by atoms with Crippen LogP contribution in [0.2, 0.25) is 0 Å². The fraction of sp³-hybridized carbons (Fsp3) is 0.923. The summed E-state index contributed by atoms with van der Waals surface area (Å²) in [5.41, 5.74) is 0. The highest BCUT2D eigenvalue weighted by atomic mass is 16.2. The molecule has 1 aliphatic carbocycles. The van der Waals surface area contributed by atoms with Crippen LogP contribution >= 0.6 is 0 Å². The molecular weight excluding hydrogens is 200 g/mol. The van der Waals surface area contributed by atoms with Crippen molar-refractivity contribution in [1.29, 1.82) is 0 Å². The number of carbonyl (C=O) groups excluding carboxylic acids is 1. The van der Waals surface area contributed by atoms with Gasteiger partial charge in [-0.1, -0.05) is 13.3 Å². The van der Waals surface area contributed by atoms with Gasteiger partial charge in [-0.25, -0.2) is 0 Å². The predicted molar refractivity (Wildman–Crippen MR) is 65.2 cm³/mol. The molecule has 1 amide bonds. The molecule has 1 heterocycles. The highest BCUT2D eigenvalue weighted by Crippen LogP contribution is 2.27. The van der Waals surface area contributed by atoms with Crippen LogP contribution in [0.1, 0.15) is 39.0 Å². The van der Waals surface area contributed by atoms with E-state index in [2.05, 4.69) is 12.2 Å². The van der Waals surface area contributed by atoms with Gasteiger partial charge in [0, 0.05) is 13.6 Å². The third-order valence-electron chi connectivity index (χ3n) is 4.10. The number of likely N-dealkylation sites (N-methyl/N-ethyl adjacent to an activating group) is 1. The van der Waals surface area contributed by atoms with Crippen molar-refractivity contribution in [2.75, 3.05) is 20.1 Å². The van der Waals surface area contributed by atoms with Gasteiger partial charge in [0.1, 0.15) is 0 Å². The first-order valence-electron chi connectivity index (χ1n) is 6.65. The lowest BCUT2D eigenvalue weighted by molar-refractivity contribution is -0.134. The summed E-state index contributed by atoms with van der Waals surface area (Å²) in [5, 5.41) is 3.35. The summed E-state index contributed by atoms with van der Waals surface area (Å²) in [7, 11) is 1.96. The molecule has 1 aliphatic heterocycles. The maximum atomic E-state index is 12.2. The Balaban J connectivity index is 1.80. The first-order chi connectivity index (χ1) is 7.66. The summed E-state index contributed by atoms with van der Waals surface area (Å²) in [6, 6.07) is 0.0776. The molecule has 0 aromatic carbocycles. The summed E-state index contributed by atoms with van der Waals surface area (Å²) in [6.07, 6.45) is 6.19. The Morgan fingerprint density at radius 2 is 2.12 bits per heavy atom. The Kier molecular flexibility index (Phi) is 3.85. The molecule has 1 saturated carbocycles. The monoisotopic (exact) mass is 224 g/mol. The van der Waals surface area contributed by atoms with Crippen LogP contribution in [0.5, 0.6) is 0 Å². The van der Waals surface area contributed by atoms with E-state index >= 15 is 0 Å². The molecule has 2 aliphatic rings. The van der Waals surface area contributed by atoms with E-state index in [0.717, 1.165) is 25.4 Å². The second-order valence-electron chi connectivity index (χ2n) is 5.65. The maximum absolute atomic E-state index is 12.2. The Morgan fingerprint density at radius 3 is 2.69 bits per heavy atom. The smallest absolute Gasteiger partial charge is 0.239 e. The van der Waals surface area contributed by atoms with Gasteiger partial charge in [-0.05, 0) is 44.1 Å². The first-order valence-corrected chi connectivity index (χ1v) is 6.65. The maximum Gasteiger partial charge on any atom is 0.239 e. The minimum absolute atomic E-state index is 0.0776. The van der Waals surface area contributed by atoms with Gasteiger partial charge in [-0.3, -0.25) is 4.79 Å². The van der Waals surface area contributed by atoms with E-state index in [4.69, 9.17) is 0 Å². The van der Waals surface area contributed by atoms with E-state index < -0.39 is 0 Å². The second kappa shape index (κ2) is 5.17. The van der Waals surface area contributed by atoms with Crippen molar-refractivity contribution in [3.63, 3.8) is 0 Å². The van der Waals surface area contributed by atoms with Crippen LogP contribution in [0.15, 0.2) is 0 Å². The van der Waals surface area contributed by atoms with E-state index in [9.17, 15) is 4.79 Å². The van der Waals surface area contributed by atoms with Crippen LogP contribution in [-0.2, 0) is 4.79 Å². The lowest BCUT2D eigenvalue weighted by Crippen LogP contribution is -2.50. The minimum Gasteiger partial charge on any atom is -0.344 e. The van der Waals surface area contributed by atoms with Crippen LogP contribution < -0.4 is 5.32 Å². The van der Waals surface area contributed by atoms with Gasteiger partial charge < -0.3 is 10.2 Å². The molecule has 0 aromatic rings. The molecule has 3 nitrogen and oxygen atoms in total. The standard InChI is InChI=1S/C13H24N2O/c1-10-6-7-14-12(8-10)13(16)15(2)9-11-4-3-5-11/h10-12,14H,3-9H2,1-2H3. The van der Waals surface area contributed by atoms with Crippen molar-refractivity contribution in [2.45, 2.75) is 45.1 Å². The molecular formula is C13H24N2O. The zero-order valence-corrected chi connectivity index (χ0v) is 10.5. The van der Waals surface area contributed by atoms with E-state index in [1.165, 1.54) is 25.7 Å². The van der Waals surface area contributed by atoms with Gasteiger partial charge in [-0.15, -0.1) is 0 Å². The molecule has 16 heavy (non-hydrogen) atoms. The quantitative estimate of drug-likeness (QED) is 0.790. The zero-order chi connectivity index (χ0) is 11.5. The Labute approximate surface area is 98.6 Å². The summed E-state index contributed by atoms with van der Waals surface area (Å²) < 4.78 is 0. The van der Waals surface area contributed by atoms with Gasteiger partial charge in [0.25, 0.3) is 0 Å². The van der Waals surface area contributed by atoms with Crippen LogP contribution in [0.3, 0.4) is 0 Å². The minimum atomic E-state index is 0.0776. The third-order valence-corrected chi connectivity index (χ3v) is 4.10. The average Bonchev–Trinajstić information content (AvgIpc) is 2.22. The van der Waals surface area contributed by atoms with Crippen molar-refractivity contribution in [3.8, 4) is 0 Å². The van der Waals surface area contributed by atoms with Gasteiger partial charge in [0.15, 0.2) is 0 Å². The number of nitrogens with one attached hydrogen (secondary N) is 1. The van der Waals surface area contributed by atoms with Crippen LogP contribution in [0, 0.1) is 11.8 Å². The third kappa shape index (κ3) is 2.76. The van der Waals surface area contributed by atoms with Crippen molar-refractivity contribution >= 4 is 5.91 Å². The summed E-state index contributed by atoms with van der Waals surface area (Å²) >= 11 is 0. The fourth-order valence-corrected chi connectivity index (χ4v) is 2.71. The van der Waals surface area contributed by atoms with Crippen molar-refractivity contribution in [1.82, 2.24) is 10.2 Å². The lowest BCUT2D eigenvalue weighted by atomic mass is 9.85. The number of nitrogens with zero attached hydrogens (tertiary/aromatic N) is 1. The fourth-order valence-electron chi connectivity index (χ4n) is 2.71. The first kappa shape index (κ1) is 11.9. The summed E-state index contributed by atoms with van der Waals surface area (Å²) in [6.45, 7) is 4.20. The number of piperidine rings is 1. The molecule has 1 saturated heterocycles. The highest BCUT2D eigenvalue weighted by molar-refractivity contribution is 5.81. The number of hydrogen-bond donors (Lipinski definition) is 1. The zero-order valence-electron chi connectivity index (χ0n) is 10.5. The van der Waals surface area contributed by atoms with E-state index in [1.54, 1.807) is 0 Å². The average molecular weight is 224 g/mol. The second-order valence-corrected chi connectivity index (χ2v) is 5.65. The molecule has 3 heteroatoms. The van der Waals surface area contributed by atoms with Gasteiger partial charge in [0.2, 0.25) is 5.91 Å². The van der Waals surface area contributed by atoms with Crippen molar-refractivity contribution in [2.24, 2.45) is 11.8 Å². The molecule has 0 radical (unpaired) electrons. The summed E-state index contributed by atoms with van der Waals surface area (Å²) in [4.78, 5) is 14.1. The number of carbonyl (C=O) groups is 1. The largest absolute Gasteiger partial charge is 0.344 e. The normalized spacial score (nSPS) is 30.9. The van der Waals surface area contributed by atoms with Crippen LogP contribution in [0.25, 0.3) is 0 Å². The van der Waals surface area contributed by atoms with Crippen molar-refractivity contribution in [3.05, 3.63) is 0 Å². The topological polar surface area (TPSA) is 32.3 Å². The van der Waals surface area contributed by atoms with Gasteiger partial charge in [0.05, 0.1) is 6.04 Å². The number of rotatable bonds is 3. The Bertz CT molecular complexity index is 250. The molecule has 92 valence electrons. The van der Waals surface area contributed by atoms with E-state index in [-0.39, 0.29) is 6.04 Å². The molecule has 0 aromatic heterocycles. The van der Waals surface area contributed by atoms with Gasteiger partial charge >= 0.3 is 0 Å². The highest BCUT2D eigenvalue weighted by Gasteiger charge is 2.28.